The maximum Gasteiger partial charge on any atom is 0.315 e. The summed E-state index contributed by atoms with van der Waals surface area (Å²) < 4.78 is 7.68. The quantitative estimate of drug-likeness (QED) is 0.763. The summed E-state index contributed by atoms with van der Waals surface area (Å²) in [5, 5.41) is 5.77. The molecule has 0 aliphatic carbocycles. The maximum absolute atomic E-state index is 12.1. The number of carbonyl (C=O) groups is 1. The lowest BCUT2D eigenvalue weighted by Gasteiger charge is -2.25. The summed E-state index contributed by atoms with van der Waals surface area (Å²) in [6.07, 6.45) is 1.75. The fourth-order valence-corrected chi connectivity index (χ4v) is 3.02. The second-order valence-corrected chi connectivity index (χ2v) is 5.96. The molecule has 3 aromatic rings. The molecule has 1 unspecified atom stereocenters. The third-order valence-corrected chi connectivity index (χ3v) is 4.22. The molecule has 1 aliphatic rings. The fraction of sp³-hybridized carbons (Fsp3) is 0.278. The Morgan fingerprint density at radius 3 is 2.96 bits per heavy atom. The van der Waals surface area contributed by atoms with Crippen LogP contribution in [0.1, 0.15) is 17.4 Å². The largest absolute Gasteiger partial charge is 0.371 e. The first-order valence-corrected chi connectivity index (χ1v) is 8.26. The van der Waals surface area contributed by atoms with Crippen LogP contribution in [-0.4, -0.2) is 33.7 Å². The molecule has 2 N–H and O–H groups in total. The van der Waals surface area contributed by atoms with E-state index in [0.29, 0.717) is 26.3 Å². The van der Waals surface area contributed by atoms with E-state index in [-0.39, 0.29) is 12.1 Å². The van der Waals surface area contributed by atoms with Crippen molar-refractivity contribution in [3.8, 4) is 0 Å². The highest BCUT2D eigenvalue weighted by Crippen LogP contribution is 2.23. The molecule has 128 valence electrons. The number of carbonyl (C=O) groups excluding carboxylic acids is 1. The van der Waals surface area contributed by atoms with Crippen LogP contribution in [0.2, 0.25) is 0 Å². The lowest BCUT2D eigenvalue weighted by molar-refractivity contribution is 0.0570. The lowest BCUT2D eigenvalue weighted by atomic mass is 10.2. The molecule has 0 radical (unpaired) electrons. The average Bonchev–Trinajstić information content (AvgIpc) is 3.04. The molecule has 7 heteroatoms. The van der Waals surface area contributed by atoms with Gasteiger partial charge in [0.1, 0.15) is 17.9 Å². The first-order chi connectivity index (χ1) is 12.3. The van der Waals surface area contributed by atoms with Gasteiger partial charge in [0.15, 0.2) is 5.65 Å². The first-order valence-electron chi connectivity index (χ1n) is 8.26. The number of fused-ring (bicyclic) bond motifs is 3. The Morgan fingerprint density at radius 1 is 1.20 bits per heavy atom. The summed E-state index contributed by atoms with van der Waals surface area (Å²) in [5.41, 5.74) is 2.74. The number of benzene rings is 1. The van der Waals surface area contributed by atoms with Crippen molar-refractivity contribution < 1.29 is 9.53 Å². The smallest absolute Gasteiger partial charge is 0.315 e. The van der Waals surface area contributed by atoms with E-state index in [1.165, 1.54) is 0 Å². The van der Waals surface area contributed by atoms with Crippen molar-refractivity contribution in [3.63, 3.8) is 0 Å². The van der Waals surface area contributed by atoms with Crippen LogP contribution >= 0.6 is 0 Å². The third kappa shape index (κ3) is 3.32. The van der Waals surface area contributed by atoms with Crippen LogP contribution in [0.3, 0.4) is 0 Å². The predicted molar refractivity (Wildman–Crippen MR) is 92.9 cm³/mol. The zero-order valence-corrected chi connectivity index (χ0v) is 13.7. The Bertz CT molecular complexity index is 878. The topological polar surface area (TPSA) is 81.1 Å². The Hall–Kier alpha value is -2.93. The van der Waals surface area contributed by atoms with E-state index in [2.05, 4.69) is 25.2 Å². The number of ether oxygens (including phenoxy) is 1. The van der Waals surface area contributed by atoms with E-state index in [1.807, 2.05) is 42.5 Å². The molecular formula is C18H19N5O2. The number of pyridine rings is 1. The van der Waals surface area contributed by atoms with Crippen molar-refractivity contribution in [2.45, 2.75) is 19.2 Å². The van der Waals surface area contributed by atoms with Crippen molar-refractivity contribution in [2.24, 2.45) is 0 Å². The second kappa shape index (κ2) is 6.90. The monoisotopic (exact) mass is 337 g/mol. The molecule has 4 rings (SSSR count). The van der Waals surface area contributed by atoms with Gasteiger partial charge in [0.05, 0.1) is 12.6 Å². The van der Waals surface area contributed by atoms with Gasteiger partial charge in [-0.3, -0.25) is 0 Å². The molecule has 1 aliphatic heterocycles. The highest BCUT2D eigenvalue weighted by Gasteiger charge is 2.24. The molecule has 3 heterocycles. The average molecular weight is 337 g/mol. The lowest BCUT2D eigenvalue weighted by Crippen LogP contribution is -2.40. The van der Waals surface area contributed by atoms with E-state index in [1.54, 1.807) is 6.20 Å². The minimum atomic E-state index is -0.201. The van der Waals surface area contributed by atoms with Gasteiger partial charge in [-0.05, 0) is 17.7 Å². The molecule has 1 aromatic carbocycles. The number of hydrogen-bond donors (Lipinski definition) is 2. The molecule has 0 saturated heterocycles. The number of hydrogen-bond acceptors (Lipinski definition) is 4. The minimum absolute atomic E-state index is 0.0221. The highest BCUT2D eigenvalue weighted by molar-refractivity contribution is 5.74. The van der Waals surface area contributed by atoms with Crippen LogP contribution in [0.4, 0.5) is 4.79 Å². The highest BCUT2D eigenvalue weighted by atomic mass is 16.5. The number of nitrogens with one attached hydrogen (secondary N) is 2. The van der Waals surface area contributed by atoms with Crippen LogP contribution in [0.5, 0.6) is 0 Å². The SMILES string of the molecule is O=C(NCc1ccccc1)NCC1COCc2nc3cccnc3n21. The number of amides is 2. The van der Waals surface area contributed by atoms with E-state index in [0.717, 1.165) is 22.6 Å². The minimum Gasteiger partial charge on any atom is -0.371 e. The normalized spacial score (nSPS) is 16.4. The van der Waals surface area contributed by atoms with Crippen LogP contribution < -0.4 is 10.6 Å². The van der Waals surface area contributed by atoms with Crippen molar-refractivity contribution in [1.82, 2.24) is 25.2 Å². The van der Waals surface area contributed by atoms with Crippen LogP contribution in [0, 0.1) is 0 Å². The van der Waals surface area contributed by atoms with Gasteiger partial charge in [-0.2, -0.15) is 0 Å². The van der Waals surface area contributed by atoms with Gasteiger partial charge < -0.3 is 19.9 Å². The van der Waals surface area contributed by atoms with E-state index in [9.17, 15) is 4.79 Å². The van der Waals surface area contributed by atoms with Crippen molar-refractivity contribution in [1.29, 1.82) is 0 Å². The molecular weight excluding hydrogens is 318 g/mol. The summed E-state index contributed by atoms with van der Waals surface area (Å²) >= 11 is 0. The molecule has 25 heavy (non-hydrogen) atoms. The van der Waals surface area contributed by atoms with Crippen molar-refractivity contribution in [2.75, 3.05) is 13.2 Å². The molecule has 1 atom stereocenters. The molecule has 0 spiro atoms. The Morgan fingerprint density at radius 2 is 2.08 bits per heavy atom. The molecule has 7 nitrogen and oxygen atoms in total. The van der Waals surface area contributed by atoms with Gasteiger partial charge in [0.25, 0.3) is 0 Å². The van der Waals surface area contributed by atoms with E-state index in [4.69, 9.17) is 4.74 Å². The number of aromatic nitrogens is 3. The molecule has 0 bridgehead atoms. The van der Waals surface area contributed by atoms with Crippen LogP contribution in [0.25, 0.3) is 11.2 Å². The van der Waals surface area contributed by atoms with Gasteiger partial charge in [-0.15, -0.1) is 0 Å². The summed E-state index contributed by atoms with van der Waals surface area (Å²) in [6.45, 7) is 1.94. The van der Waals surface area contributed by atoms with Crippen molar-refractivity contribution in [3.05, 3.63) is 60.0 Å². The number of nitrogens with zero attached hydrogens (tertiary/aromatic N) is 3. The van der Waals surface area contributed by atoms with Crippen LogP contribution in [0.15, 0.2) is 48.7 Å². The van der Waals surface area contributed by atoms with Gasteiger partial charge in [0, 0.05) is 19.3 Å². The zero-order valence-electron chi connectivity index (χ0n) is 13.7. The van der Waals surface area contributed by atoms with Gasteiger partial charge in [-0.25, -0.2) is 14.8 Å². The fourth-order valence-electron chi connectivity index (χ4n) is 3.02. The molecule has 0 fully saturated rings. The maximum atomic E-state index is 12.1. The Labute approximate surface area is 145 Å². The second-order valence-electron chi connectivity index (χ2n) is 5.96. The standard InChI is InChI=1S/C18H19N5O2/c24-18(20-9-13-5-2-1-3-6-13)21-10-14-11-25-12-16-22-15-7-4-8-19-17(15)23(14)16/h1-8,14H,9-12H2,(H2,20,21,24). The summed E-state index contributed by atoms with van der Waals surface area (Å²) in [5.74, 6) is 0.844. The summed E-state index contributed by atoms with van der Waals surface area (Å²) in [7, 11) is 0. The van der Waals surface area contributed by atoms with Crippen LogP contribution in [-0.2, 0) is 17.9 Å². The Balaban J connectivity index is 1.40. The van der Waals surface area contributed by atoms with Gasteiger partial charge in [-0.1, -0.05) is 30.3 Å². The van der Waals surface area contributed by atoms with Gasteiger partial charge >= 0.3 is 6.03 Å². The third-order valence-electron chi connectivity index (χ3n) is 4.22. The number of imidazole rings is 1. The number of urea groups is 1. The van der Waals surface area contributed by atoms with Gasteiger partial charge in [0.2, 0.25) is 0 Å². The van der Waals surface area contributed by atoms with E-state index < -0.39 is 0 Å². The molecule has 0 saturated carbocycles. The zero-order chi connectivity index (χ0) is 17.1. The van der Waals surface area contributed by atoms with E-state index >= 15 is 0 Å². The molecule has 2 aromatic heterocycles. The summed E-state index contributed by atoms with van der Waals surface area (Å²) in [6, 6.07) is 13.4. The number of rotatable bonds is 4. The van der Waals surface area contributed by atoms with Crippen molar-refractivity contribution >= 4 is 17.2 Å². The molecule has 2 amide bonds. The predicted octanol–water partition coefficient (Wildman–Crippen LogP) is 2.00. The first kappa shape index (κ1) is 15.6. The Kier molecular flexibility index (Phi) is 4.30. The summed E-state index contributed by atoms with van der Waals surface area (Å²) in [4.78, 5) is 21.0.